The van der Waals surface area contributed by atoms with Crippen LogP contribution >= 0.6 is 11.6 Å². The molecular formula is C19H22ClN7O2. The van der Waals surface area contributed by atoms with Crippen LogP contribution in [0.3, 0.4) is 0 Å². The van der Waals surface area contributed by atoms with Crippen molar-refractivity contribution in [1.82, 2.24) is 25.1 Å². The van der Waals surface area contributed by atoms with Crippen molar-refractivity contribution in [3.63, 3.8) is 0 Å². The van der Waals surface area contributed by atoms with Crippen LogP contribution in [0.1, 0.15) is 37.0 Å². The fourth-order valence-corrected chi connectivity index (χ4v) is 2.65. The summed E-state index contributed by atoms with van der Waals surface area (Å²) in [6.07, 6.45) is 1.51. The molecule has 0 bridgehead atoms. The van der Waals surface area contributed by atoms with Crippen LogP contribution < -0.4 is 11.1 Å². The van der Waals surface area contributed by atoms with Gasteiger partial charge in [-0.25, -0.2) is 4.98 Å². The first-order valence-electron chi connectivity index (χ1n) is 8.81. The molecule has 0 unspecified atom stereocenters. The fourth-order valence-electron chi connectivity index (χ4n) is 2.39. The lowest BCUT2D eigenvalue weighted by atomic mass is 9.97. The highest BCUT2D eigenvalue weighted by Gasteiger charge is 2.23. The van der Waals surface area contributed by atoms with E-state index in [4.69, 9.17) is 21.8 Å². The SMILES string of the molecule is CN(C)C(=O)c1ccc(Nc2ncc(-c3nnc(C(C)(C)C)o3)c(N)n2)cc1Cl. The maximum Gasteiger partial charge on any atom is 0.254 e. The Labute approximate surface area is 173 Å². The van der Waals surface area contributed by atoms with Crippen LogP contribution in [0.25, 0.3) is 11.5 Å². The van der Waals surface area contributed by atoms with E-state index in [0.717, 1.165) is 0 Å². The number of hydrogen-bond donors (Lipinski definition) is 2. The summed E-state index contributed by atoms with van der Waals surface area (Å²) in [7, 11) is 3.33. The van der Waals surface area contributed by atoms with E-state index in [1.807, 2.05) is 20.8 Å². The minimum absolute atomic E-state index is 0.180. The molecule has 0 saturated heterocycles. The number of nitrogens with two attached hydrogens (primary N) is 1. The van der Waals surface area contributed by atoms with Crippen LogP contribution in [0, 0.1) is 0 Å². The van der Waals surface area contributed by atoms with Crippen molar-refractivity contribution < 1.29 is 9.21 Å². The van der Waals surface area contributed by atoms with E-state index < -0.39 is 0 Å². The van der Waals surface area contributed by atoms with Gasteiger partial charge in [0.05, 0.1) is 16.1 Å². The molecular weight excluding hydrogens is 394 g/mol. The lowest BCUT2D eigenvalue weighted by Crippen LogP contribution is -2.21. The monoisotopic (exact) mass is 415 g/mol. The number of anilines is 3. The maximum atomic E-state index is 12.1. The number of carbonyl (C=O) groups is 1. The maximum absolute atomic E-state index is 12.1. The molecule has 29 heavy (non-hydrogen) atoms. The van der Waals surface area contributed by atoms with Gasteiger partial charge in [0.2, 0.25) is 11.8 Å². The molecule has 2 aromatic heterocycles. The van der Waals surface area contributed by atoms with Gasteiger partial charge >= 0.3 is 0 Å². The summed E-state index contributed by atoms with van der Waals surface area (Å²) >= 11 is 6.23. The molecule has 0 spiro atoms. The van der Waals surface area contributed by atoms with Gasteiger partial charge in [0.1, 0.15) is 5.82 Å². The highest BCUT2D eigenvalue weighted by molar-refractivity contribution is 6.34. The minimum atomic E-state index is -0.276. The van der Waals surface area contributed by atoms with Crippen molar-refractivity contribution in [2.45, 2.75) is 26.2 Å². The average molecular weight is 416 g/mol. The predicted molar refractivity (Wildman–Crippen MR) is 111 cm³/mol. The Balaban J connectivity index is 1.81. The third-order valence-corrected chi connectivity index (χ3v) is 4.29. The van der Waals surface area contributed by atoms with E-state index in [1.165, 1.54) is 11.1 Å². The number of nitrogens with zero attached hydrogens (tertiary/aromatic N) is 5. The molecule has 9 nitrogen and oxygen atoms in total. The Morgan fingerprint density at radius 1 is 1.24 bits per heavy atom. The van der Waals surface area contributed by atoms with Crippen LogP contribution in [0.15, 0.2) is 28.8 Å². The van der Waals surface area contributed by atoms with Crippen LogP contribution in [0.5, 0.6) is 0 Å². The summed E-state index contributed by atoms with van der Waals surface area (Å²) in [5.74, 6) is 1.03. The van der Waals surface area contributed by atoms with Gasteiger partial charge in [-0.2, -0.15) is 4.98 Å². The van der Waals surface area contributed by atoms with Gasteiger partial charge in [0.25, 0.3) is 11.8 Å². The lowest BCUT2D eigenvalue weighted by molar-refractivity contribution is 0.0828. The zero-order valence-corrected chi connectivity index (χ0v) is 17.6. The summed E-state index contributed by atoms with van der Waals surface area (Å²) in [6, 6.07) is 4.97. The van der Waals surface area contributed by atoms with Crippen molar-refractivity contribution in [2.75, 3.05) is 25.1 Å². The lowest BCUT2D eigenvalue weighted by Gasteiger charge is -2.13. The molecule has 3 N–H and O–H groups in total. The van der Waals surface area contributed by atoms with Crippen molar-refractivity contribution in [3.8, 4) is 11.5 Å². The first-order valence-corrected chi connectivity index (χ1v) is 9.19. The molecule has 152 valence electrons. The van der Waals surface area contributed by atoms with Crippen molar-refractivity contribution in [3.05, 3.63) is 40.9 Å². The molecule has 2 heterocycles. The number of halogens is 1. The topological polar surface area (TPSA) is 123 Å². The summed E-state index contributed by atoms with van der Waals surface area (Å²) in [4.78, 5) is 22.0. The van der Waals surface area contributed by atoms with Gasteiger partial charge in [-0.05, 0) is 18.2 Å². The van der Waals surface area contributed by atoms with E-state index in [9.17, 15) is 4.79 Å². The van der Waals surface area contributed by atoms with Crippen molar-refractivity contribution in [2.24, 2.45) is 0 Å². The number of benzene rings is 1. The van der Waals surface area contributed by atoms with E-state index >= 15 is 0 Å². The van der Waals surface area contributed by atoms with Gasteiger partial charge in [-0.3, -0.25) is 4.79 Å². The van der Waals surface area contributed by atoms with E-state index in [-0.39, 0.29) is 29.0 Å². The van der Waals surface area contributed by atoms with Crippen molar-refractivity contribution >= 4 is 35.0 Å². The summed E-state index contributed by atoms with van der Waals surface area (Å²) in [5.41, 5.74) is 7.25. The molecule has 0 saturated carbocycles. The number of carbonyl (C=O) groups excluding carboxylic acids is 1. The Morgan fingerprint density at radius 3 is 2.52 bits per heavy atom. The Kier molecular flexibility index (Phi) is 5.43. The normalized spacial score (nSPS) is 11.4. The average Bonchev–Trinajstić information content (AvgIpc) is 3.11. The van der Waals surface area contributed by atoms with Gasteiger partial charge in [-0.15, -0.1) is 10.2 Å². The Morgan fingerprint density at radius 2 is 1.97 bits per heavy atom. The first kappa shape index (κ1) is 20.5. The van der Waals surface area contributed by atoms with Gasteiger partial charge in [0.15, 0.2) is 0 Å². The molecule has 0 fully saturated rings. The van der Waals surface area contributed by atoms with E-state index in [1.54, 1.807) is 32.3 Å². The fraction of sp³-hybridized carbons (Fsp3) is 0.316. The number of aromatic nitrogens is 4. The second-order valence-electron chi connectivity index (χ2n) is 7.67. The second-order valence-corrected chi connectivity index (χ2v) is 8.08. The van der Waals surface area contributed by atoms with Crippen molar-refractivity contribution in [1.29, 1.82) is 0 Å². The summed E-state index contributed by atoms with van der Waals surface area (Å²) in [5, 5.41) is 11.4. The van der Waals surface area contributed by atoms with E-state index in [2.05, 4.69) is 25.5 Å². The first-order chi connectivity index (χ1) is 13.6. The number of nitrogens with one attached hydrogen (secondary N) is 1. The summed E-state index contributed by atoms with van der Waals surface area (Å²) in [6.45, 7) is 5.92. The van der Waals surface area contributed by atoms with Gasteiger partial charge < -0.3 is 20.4 Å². The number of amides is 1. The molecule has 1 aromatic carbocycles. The third-order valence-electron chi connectivity index (χ3n) is 3.98. The van der Waals surface area contributed by atoms with Crippen LogP contribution in [0.4, 0.5) is 17.5 Å². The van der Waals surface area contributed by atoms with Gasteiger partial charge in [0, 0.05) is 31.4 Å². The highest BCUT2D eigenvalue weighted by atomic mass is 35.5. The van der Waals surface area contributed by atoms with E-state index in [0.29, 0.717) is 27.7 Å². The standard InChI is InChI=1S/C19H22ClN7O2/c1-19(2,3)17-26-25-15(29-17)12-9-22-18(24-14(12)21)23-10-6-7-11(13(20)8-10)16(28)27(4)5/h6-9H,1-5H3,(H3,21,22,23,24). The van der Waals surface area contributed by atoms with Crippen LogP contribution in [-0.4, -0.2) is 45.1 Å². The number of rotatable bonds is 4. The molecule has 10 heteroatoms. The molecule has 0 atom stereocenters. The number of hydrogen-bond acceptors (Lipinski definition) is 8. The largest absolute Gasteiger partial charge is 0.420 e. The van der Waals surface area contributed by atoms with Gasteiger partial charge in [-0.1, -0.05) is 32.4 Å². The third kappa shape index (κ3) is 4.45. The second kappa shape index (κ2) is 7.67. The van der Waals surface area contributed by atoms with Crippen LogP contribution in [0.2, 0.25) is 5.02 Å². The number of nitrogen functional groups attached to an aromatic ring is 1. The Bertz CT molecular complexity index is 1060. The highest BCUT2D eigenvalue weighted by Crippen LogP contribution is 2.29. The Hall–Kier alpha value is -3.20. The smallest absolute Gasteiger partial charge is 0.254 e. The molecule has 3 aromatic rings. The molecule has 0 aliphatic heterocycles. The minimum Gasteiger partial charge on any atom is -0.420 e. The summed E-state index contributed by atoms with van der Waals surface area (Å²) < 4.78 is 5.69. The molecule has 0 aliphatic rings. The molecule has 3 rings (SSSR count). The van der Waals surface area contributed by atoms with Crippen LogP contribution in [-0.2, 0) is 5.41 Å². The zero-order chi connectivity index (χ0) is 21.3. The molecule has 0 radical (unpaired) electrons. The molecule has 0 aliphatic carbocycles. The quantitative estimate of drug-likeness (QED) is 0.663. The molecule has 1 amide bonds. The predicted octanol–water partition coefficient (Wildman–Crippen LogP) is 3.51. The zero-order valence-electron chi connectivity index (χ0n) is 16.8.